The monoisotopic (exact) mass is 416 g/mol. The first-order valence-electron chi connectivity index (χ1n) is 10.2. The van der Waals surface area contributed by atoms with Crippen molar-refractivity contribution in [3.8, 4) is 0 Å². The zero-order valence-corrected chi connectivity index (χ0v) is 19.6. The second-order valence-electron chi connectivity index (χ2n) is 9.80. The van der Waals surface area contributed by atoms with E-state index in [1.807, 2.05) is 11.1 Å². The van der Waals surface area contributed by atoms with Gasteiger partial charge in [-0.25, -0.2) is 0 Å². The molecule has 0 N–H and O–H groups in total. The molecule has 0 amide bonds. The number of rotatable bonds is 2. The van der Waals surface area contributed by atoms with E-state index in [0.717, 1.165) is 7.25 Å². The molecule has 2 atom stereocenters. The molecule has 0 aromatic carbocycles. The van der Waals surface area contributed by atoms with Gasteiger partial charge >= 0.3 is 150 Å². The van der Waals surface area contributed by atoms with E-state index in [2.05, 4.69) is 46.7 Å². The van der Waals surface area contributed by atoms with Crippen LogP contribution in [0.2, 0.25) is 29.6 Å². The summed E-state index contributed by atoms with van der Waals surface area (Å²) in [5, 5.41) is 0. The number of hydrogen-bond donors (Lipinski definition) is 0. The van der Waals surface area contributed by atoms with E-state index >= 15 is 0 Å². The SMILES string of the molecule is C[Si](C)=[Zr]([CH3])([CH3])([CH]1C=CC2=C1CCCC2)[CH]1C=CC2=C1CCCC2. The molecule has 4 rings (SSSR count). The minimum absolute atomic E-state index is 0.296. The molecule has 2 heteroatoms. The van der Waals surface area contributed by atoms with Crippen molar-refractivity contribution in [1.82, 2.24) is 0 Å². The first-order chi connectivity index (χ1) is 11.4. The van der Waals surface area contributed by atoms with Gasteiger partial charge in [0.15, 0.2) is 0 Å². The molecule has 0 radical (unpaired) electrons. The molecule has 24 heavy (non-hydrogen) atoms. The van der Waals surface area contributed by atoms with E-state index in [1.165, 1.54) is 51.4 Å². The molecule has 0 spiro atoms. The van der Waals surface area contributed by atoms with Crippen LogP contribution in [0.5, 0.6) is 0 Å². The maximum absolute atomic E-state index is 2.98. The predicted octanol–water partition coefficient (Wildman–Crippen LogP) is 7.48. The van der Waals surface area contributed by atoms with Crippen LogP contribution < -0.4 is 0 Å². The fourth-order valence-electron chi connectivity index (χ4n) is 6.13. The minimum atomic E-state index is -2.98. The fraction of sp³-hybridized carbons (Fsp3) is 0.636. The van der Waals surface area contributed by atoms with Crippen molar-refractivity contribution in [1.29, 1.82) is 0 Å². The van der Waals surface area contributed by atoms with Gasteiger partial charge in [-0.3, -0.25) is 0 Å². The summed E-state index contributed by atoms with van der Waals surface area (Å²) in [5.74, 6) is 0. The van der Waals surface area contributed by atoms with Crippen molar-refractivity contribution in [2.75, 3.05) is 0 Å². The molecule has 0 heterocycles. The van der Waals surface area contributed by atoms with Gasteiger partial charge in [-0.15, -0.1) is 0 Å². The summed E-state index contributed by atoms with van der Waals surface area (Å²) in [6, 6.07) is 0. The molecule has 0 aliphatic heterocycles. The van der Waals surface area contributed by atoms with E-state index in [0.29, 0.717) is 0 Å². The third kappa shape index (κ3) is 2.38. The first kappa shape index (κ1) is 17.5. The third-order valence-electron chi connectivity index (χ3n) is 8.33. The Morgan fingerprint density at radius 1 is 0.750 bits per heavy atom. The second kappa shape index (κ2) is 6.05. The van der Waals surface area contributed by atoms with Crippen LogP contribution in [-0.2, 0) is 17.4 Å². The zero-order valence-electron chi connectivity index (χ0n) is 16.1. The summed E-state index contributed by atoms with van der Waals surface area (Å²) in [6.45, 7) is 5.33. The molecule has 0 nitrogen and oxygen atoms in total. The summed E-state index contributed by atoms with van der Waals surface area (Å²) in [6.07, 6.45) is 21.7. The van der Waals surface area contributed by atoms with Gasteiger partial charge in [0.25, 0.3) is 0 Å². The van der Waals surface area contributed by atoms with Gasteiger partial charge in [-0.05, 0) is 0 Å². The quantitative estimate of drug-likeness (QED) is 0.408. The van der Waals surface area contributed by atoms with Crippen molar-refractivity contribution in [3.05, 3.63) is 46.6 Å². The Balaban J connectivity index is 1.87. The summed E-state index contributed by atoms with van der Waals surface area (Å²) < 4.78 is 7.48. The van der Waals surface area contributed by atoms with Gasteiger partial charge in [0, 0.05) is 0 Å². The van der Waals surface area contributed by atoms with E-state index in [4.69, 9.17) is 0 Å². The maximum atomic E-state index is 2.87. The van der Waals surface area contributed by atoms with Crippen molar-refractivity contribution in [3.63, 3.8) is 0 Å². The van der Waals surface area contributed by atoms with E-state index in [1.54, 1.807) is 11.1 Å². The molecular weight excluding hydrogens is 384 g/mol. The Labute approximate surface area is 149 Å². The fourth-order valence-corrected chi connectivity index (χ4v) is 31.0. The van der Waals surface area contributed by atoms with Crippen LogP contribution in [0.25, 0.3) is 0 Å². The van der Waals surface area contributed by atoms with Crippen LogP contribution in [0.1, 0.15) is 51.4 Å². The van der Waals surface area contributed by atoms with Crippen molar-refractivity contribution >= 4 is 5.43 Å². The summed E-state index contributed by atoms with van der Waals surface area (Å²) >= 11 is -2.98. The topological polar surface area (TPSA) is 0 Å². The van der Waals surface area contributed by atoms with E-state index in [-0.39, 0.29) is 5.43 Å². The average molecular weight is 418 g/mol. The van der Waals surface area contributed by atoms with Gasteiger partial charge < -0.3 is 0 Å². The van der Waals surface area contributed by atoms with Gasteiger partial charge in [0.2, 0.25) is 0 Å². The van der Waals surface area contributed by atoms with E-state index < -0.39 is 17.4 Å². The standard InChI is InChI=1S/2C9H11.C2H6Si.2CH3.Zr/c2*1-2-5-9-7-3-6-8(9)4-1;1-3-2;;;/h2*3,6-7H,1-2,4-5H2;1-2H3;2*1H3;. The Kier molecular flexibility index (Phi) is 4.41. The Bertz CT molecular complexity index is 708. The van der Waals surface area contributed by atoms with Crippen molar-refractivity contribution in [2.24, 2.45) is 0 Å². The molecule has 0 bridgehead atoms. The van der Waals surface area contributed by atoms with Crippen LogP contribution in [0.15, 0.2) is 46.6 Å². The molecular formula is C22H34SiZr. The molecule has 0 aromatic heterocycles. The normalized spacial score (nSPS) is 30.0. The van der Waals surface area contributed by atoms with Crippen LogP contribution in [0, 0.1) is 0 Å². The molecule has 0 aromatic rings. The first-order valence-corrected chi connectivity index (χ1v) is 24.2. The summed E-state index contributed by atoms with van der Waals surface area (Å²) in [4.78, 5) is 0. The molecule has 0 saturated heterocycles. The van der Waals surface area contributed by atoms with Gasteiger partial charge in [0.05, 0.1) is 0 Å². The molecule has 0 saturated carbocycles. The van der Waals surface area contributed by atoms with Crippen LogP contribution in [0.4, 0.5) is 0 Å². The number of hydrogen-bond acceptors (Lipinski definition) is 0. The summed E-state index contributed by atoms with van der Waals surface area (Å²) in [5.41, 5.74) is 7.01. The van der Waals surface area contributed by atoms with Crippen LogP contribution in [0.3, 0.4) is 0 Å². The van der Waals surface area contributed by atoms with Crippen LogP contribution >= 0.6 is 0 Å². The van der Waals surface area contributed by atoms with Crippen LogP contribution in [-0.4, -0.2) is 5.43 Å². The van der Waals surface area contributed by atoms with E-state index in [9.17, 15) is 0 Å². The zero-order chi connectivity index (χ0) is 17.0. The Morgan fingerprint density at radius 3 is 1.58 bits per heavy atom. The average Bonchev–Trinajstić information content (AvgIpc) is 3.20. The predicted molar refractivity (Wildman–Crippen MR) is 106 cm³/mol. The van der Waals surface area contributed by atoms with Gasteiger partial charge in [-0.2, -0.15) is 0 Å². The Hall–Kier alpha value is 0.0600. The van der Waals surface area contributed by atoms with Crippen molar-refractivity contribution < 1.29 is 17.4 Å². The molecule has 4 aliphatic carbocycles. The second-order valence-corrected chi connectivity index (χ2v) is 44.4. The molecule has 2 unspecified atom stereocenters. The Morgan fingerprint density at radius 2 is 1.17 bits per heavy atom. The molecule has 0 fully saturated rings. The molecule has 130 valence electrons. The third-order valence-corrected chi connectivity index (χ3v) is 50.5. The van der Waals surface area contributed by atoms with Crippen molar-refractivity contribution in [2.45, 2.75) is 81.0 Å². The van der Waals surface area contributed by atoms with Gasteiger partial charge in [0.1, 0.15) is 0 Å². The number of allylic oxidation sites excluding steroid dienone is 8. The molecule has 4 aliphatic rings. The van der Waals surface area contributed by atoms with Gasteiger partial charge in [-0.1, -0.05) is 0 Å². The summed E-state index contributed by atoms with van der Waals surface area (Å²) in [7, 11) is 0.